The maximum Gasteiger partial charge on any atom is 0.116 e. The number of nitrogens with one attached hydrogen (secondary N) is 1. The fraction of sp³-hybridized carbons (Fsp3) is 0.286. The van der Waals surface area contributed by atoms with Crippen LogP contribution >= 0.6 is 0 Å². The Bertz CT molecular complexity index is 176. The quantitative estimate of drug-likeness (QED) is 0.635. The first-order valence-corrected chi connectivity index (χ1v) is 3.06. The fourth-order valence-corrected chi connectivity index (χ4v) is 0.625. The Hall–Kier alpha value is -1.09. The molecule has 0 aliphatic heterocycles. The van der Waals surface area contributed by atoms with Crippen molar-refractivity contribution in [3.63, 3.8) is 0 Å². The first-order valence-electron chi connectivity index (χ1n) is 3.06. The van der Waals surface area contributed by atoms with Gasteiger partial charge < -0.3 is 10.1 Å². The molecule has 0 bridgehead atoms. The summed E-state index contributed by atoms with van der Waals surface area (Å²) in [5.41, 5.74) is 1.02. The summed E-state index contributed by atoms with van der Waals surface area (Å²) in [4.78, 5) is 3.87. The van der Waals surface area contributed by atoms with Crippen molar-refractivity contribution >= 4 is 5.69 Å². The highest BCUT2D eigenvalue weighted by atomic mass is 16.5. The van der Waals surface area contributed by atoms with Gasteiger partial charge in [0, 0.05) is 25.2 Å². The van der Waals surface area contributed by atoms with Crippen LogP contribution in [0.3, 0.4) is 0 Å². The summed E-state index contributed by atoms with van der Waals surface area (Å²) >= 11 is 0. The van der Waals surface area contributed by atoms with Gasteiger partial charge >= 0.3 is 0 Å². The molecule has 1 heterocycles. The van der Waals surface area contributed by atoms with E-state index in [-0.39, 0.29) is 0 Å². The van der Waals surface area contributed by atoms with E-state index < -0.39 is 0 Å². The summed E-state index contributed by atoms with van der Waals surface area (Å²) < 4.78 is 4.81. The lowest BCUT2D eigenvalue weighted by Gasteiger charge is -2.02. The maximum absolute atomic E-state index is 4.81. The molecule has 0 unspecified atom stereocenters. The van der Waals surface area contributed by atoms with Crippen LogP contribution in [-0.4, -0.2) is 18.8 Å². The summed E-state index contributed by atoms with van der Waals surface area (Å²) in [6.45, 7) is 0.532. The van der Waals surface area contributed by atoms with Crippen molar-refractivity contribution in [3.8, 4) is 0 Å². The zero-order valence-electron chi connectivity index (χ0n) is 5.87. The van der Waals surface area contributed by atoms with Crippen LogP contribution in [0.5, 0.6) is 0 Å². The molecular formula is C7H10N2O. The molecule has 3 heteroatoms. The van der Waals surface area contributed by atoms with Crippen LogP contribution in [0, 0.1) is 0 Å². The topological polar surface area (TPSA) is 34.1 Å². The molecule has 0 spiro atoms. The Morgan fingerprint density at radius 3 is 2.80 bits per heavy atom. The molecule has 1 aromatic rings. The van der Waals surface area contributed by atoms with Crippen LogP contribution in [0.15, 0.2) is 24.5 Å². The molecule has 0 aliphatic rings. The van der Waals surface area contributed by atoms with Crippen molar-refractivity contribution in [3.05, 3.63) is 24.5 Å². The molecule has 0 amide bonds. The first kappa shape index (κ1) is 7.02. The van der Waals surface area contributed by atoms with Gasteiger partial charge in [0.25, 0.3) is 0 Å². The third-order valence-corrected chi connectivity index (χ3v) is 1.10. The average molecular weight is 138 g/mol. The number of rotatable bonds is 3. The molecule has 0 aromatic carbocycles. The van der Waals surface area contributed by atoms with Gasteiger partial charge in [-0.3, -0.25) is 4.98 Å². The molecule has 0 saturated carbocycles. The molecule has 0 fully saturated rings. The van der Waals surface area contributed by atoms with E-state index in [0.717, 1.165) is 5.69 Å². The predicted molar refractivity (Wildman–Crippen MR) is 39.7 cm³/mol. The lowest BCUT2D eigenvalue weighted by molar-refractivity contribution is 0.221. The van der Waals surface area contributed by atoms with Gasteiger partial charge in [-0.15, -0.1) is 0 Å². The summed E-state index contributed by atoms with van der Waals surface area (Å²) in [6.07, 6.45) is 3.47. The highest BCUT2D eigenvalue weighted by molar-refractivity contribution is 5.39. The van der Waals surface area contributed by atoms with Gasteiger partial charge in [0.15, 0.2) is 0 Å². The molecule has 0 atom stereocenters. The first-order chi connectivity index (χ1) is 4.93. The molecule has 0 aliphatic carbocycles. The van der Waals surface area contributed by atoms with E-state index in [9.17, 15) is 0 Å². The number of ether oxygens (including phenoxy) is 1. The second-order valence-corrected chi connectivity index (χ2v) is 1.85. The van der Waals surface area contributed by atoms with E-state index in [2.05, 4.69) is 10.3 Å². The highest BCUT2D eigenvalue weighted by Crippen LogP contribution is 2.01. The minimum absolute atomic E-state index is 0.532. The number of aromatic nitrogens is 1. The zero-order valence-corrected chi connectivity index (χ0v) is 5.87. The molecule has 1 aromatic heterocycles. The van der Waals surface area contributed by atoms with Gasteiger partial charge in [0.1, 0.15) is 6.73 Å². The Balaban J connectivity index is 2.43. The Kier molecular flexibility index (Phi) is 2.70. The van der Waals surface area contributed by atoms with E-state index in [4.69, 9.17) is 4.74 Å². The lowest BCUT2D eigenvalue weighted by Crippen LogP contribution is -2.02. The Morgan fingerprint density at radius 1 is 1.50 bits per heavy atom. The van der Waals surface area contributed by atoms with Gasteiger partial charge in [-0.05, 0) is 12.1 Å². The van der Waals surface area contributed by atoms with Gasteiger partial charge in [-0.25, -0.2) is 0 Å². The zero-order chi connectivity index (χ0) is 7.23. The van der Waals surface area contributed by atoms with Crippen molar-refractivity contribution < 1.29 is 4.74 Å². The molecule has 0 radical (unpaired) electrons. The summed E-state index contributed by atoms with van der Waals surface area (Å²) in [5.74, 6) is 0. The predicted octanol–water partition coefficient (Wildman–Crippen LogP) is 1.10. The van der Waals surface area contributed by atoms with E-state index >= 15 is 0 Å². The van der Waals surface area contributed by atoms with Crippen LogP contribution < -0.4 is 5.32 Å². The highest BCUT2D eigenvalue weighted by Gasteiger charge is 1.84. The lowest BCUT2D eigenvalue weighted by atomic mass is 10.4. The maximum atomic E-state index is 4.81. The molecule has 54 valence electrons. The smallest absolute Gasteiger partial charge is 0.116 e. The Labute approximate surface area is 60.0 Å². The molecule has 1 N–H and O–H groups in total. The third kappa shape index (κ3) is 2.03. The summed E-state index contributed by atoms with van der Waals surface area (Å²) in [6, 6.07) is 3.78. The van der Waals surface area contributed by atoms with Gasteiger partial charge in [-0.1, -0.05) is 0 Å². The minimum atomic E-state index is 0.532. The van der Waals surface area contributed by atoms with Crippen LogP contribution in [0.25, 0.3) is 0 Å². The average Bonchev–Trinajstić information content (AvgIpc) is 2.03. The standard InChI is InChI=1S/C7H10N2O/c1-10-6-9-7-2-4-8-5-3-7/h2-5H,6H2,1H3,(H,8,9). The van der Waals surface area contributed by atoms with Crippen molar-refractivity contribution in [2.45, 2.75) is 0 Å². The van der Waals surface area contributed by atoms with Crippen LogP contribution in [0.2, 0.25) is 0 Å². The number of anilines is 1. The largest absolute Gasteiger partial charge is 0.365 e. The second kappa shape index (κ2) is 3.85. The second-order valence-electron chi connectivity index (χ2n) is 1.85. The molecular weight excluding hydrogens is 128 g/mol. The molecule has 1 rings (SSSR count). The Morgan fingerprint density at radius 2 is 2.20 bits per heavy atom. The SMILES string of the molecule is COCNc1ccncc1. The van der Waals surface area contributed by atoms with E-state index in [1.165, 1.54) is 0 Å². The van der Waals surface area contributed by atoms with E-state index in [0.29, 0.717) is 6.73 Å². The summed E-state index contributed by atoms with van der Waals surface area (Å²) in [5, 5.41) is 3.03. The molecule has 0 saturated heterocycles. The van der Waals surface area contributed by atoms with E-state index in [1.54, 1.807) is 19.5 Å². The number of nitrogens with zero attached hydrogens (tertiary/aromatic N) is 1. The van der Waals surface area contributed by atoms with Crippen LogP contribution in [-0.2, 0) is 4.74 Å². The van der Waals surface area contributed by atoms with Crippen molar-refractivity contribution in [2.75, 3.05) is 19.2 Å². The van der Waals surface area contributed by atoms with Crippen LogP contribution in [0.4, 0.5) is 5.69 Å². The van der Waals surface area contributed by atoms with Crippen molar-refractivity contribution in [1.82, 2.24) is 4.98 Å². The number of hydrogen-bond acceptors (Lipinski definition) is 3. The number of pyridine rings is 1. The number of methoxy groups -OCH3 is 1. The summed E-state index contributed by atoms with van der Waals surface area (Å²) in [7, 11) is 1.65. The number of hydrogen-bond donors (Lipinski definition) is 1. The minimum Gasteiger partial charge on any atom is -0.365 e. The van der Waals surface area contributed by atoms with Gasteiger partial charge in [-0.2, -0.15) is 0 Å². The fourth-order valence-electron chi connectivity index (χ4n) is 0.625. The van der Waals surface area contributed by atoms with Crippen molar-refractivity contribution in [1.29, 1.82) is 0 Å². The van der Waals surface area contributed by atoms with Crippen LogP contribution in [0.1, 0.15) is 0 Å². The normalized spacial score (nSPS) is 9.30. The monoisotopic (exact) mass is 138 g/mol. The molecule has 10 heavy (non-hydrogen) atoms. The van der Waals surface area contributed by atoms with Crippen molar-refractivity contribution in [2.24, 2.45) is 0 Å². The van der Waals surface area contributed by atoms with E-state index in [1.807, 2.05) is 12.1 Å². The molecule has 3 nitrogen and oxygen atoms in total. The van der Waals surface area contributed by atoms with Gasteiger partial charge in [0.2, 0.25) is 0 Å². The third-order valence-electron chi connectivity index (χ3n) is 1.10. The van der Waals surface area contributed by atoms with Gasteiger partial charge in [0.05, 0.1) is 0 Å².